The van der Waals surface area contributed by atoms with Crippen molar-refractivity contribution in [1.82, 2.24) is 4.90 Å². The van der Waals surface area contributed by atoms with Gasteiger partial charge in [0.15, 0.2) is 5.60 Å². The van der Waals surface area contributed by atoms with Crippen molar-refractivity contribution in [2.75, 3.05) is 36.6 Å². The molecule has 3 amide bonds. The van der Waals surface area contributed by atoms with Gasteiger partial charge in [0.1, 0.15) is 5.75 Å². The molecule has 6 rings (SSSR count). The Hall–Kier alpha value is -5.29. The predicted molar refractivity (Wildman–Crippen MR) is 239 cm³/mol. The normalized spacial score (nSPS) is 20.1. The van der Waals surface area contributed by atoms with E-state index in [1.54, 1.807) is 16.9 Å². The zero-order chi connectivity index (χ0) is 42.3. The van der Waals surface area contributed by atoms with Crippen molar-refractivity contribution in [2.24, 2.45) is 5.92 Å². The van der Waals surface area contributed by atoms with E-state index in [0.29, 0.717) is 30.0 Å². The van der Waals surface area contributed by atoms with Gasteiger partial charge >= 0.3 is 0 Å². The third kappa shape index (κ3) is 9.00. The van der Waals surface area contributed by atoms with Crippen molar-refractivity contribution >= 4 is 48.5 Å². The molecule has 0 saturated carbocycles. The van der Waals surface area contributed by atoms with Gasteiger partial charge in [-0.15, -0.1) is 0 Å². The second-order valence-electron chi connectivity index (χ2n) is 16.7. The number of hydrogen-bond donors (Lipinski definition) is 1. The van der Waals surface area contributed by atoms with E-state index in [4.69, 9.17) is 9.47 Å². The summed E-state index contributed by atoms with van der Waals surface area (Å²) in [5.74, 6) is 0.0755. The van der Waals surface area contributed by atoms with Crippen molar-refractivity contribution in [1.29, 1.82) is 0 Å². The van der Waals surface area contributed by atoms with Crippen LogP contribution in [0.1, 0.15) is 58.1 Å². The number of carbonyl (C=O) groups excluding carboxylic acids is 3. The van der Waals surface area contributed by atoms with Gasteiger partial charge in [-0.2, -0.15) is 0 Å². The molecule has 1 spiro atoms. The quantitative estimate of drug-likeness (QED) is 0.0651. The van der Waals surface area contributed by atoms with E-state index in [9.17, 15) is 14.7 Å². The first kappa shape index (κ1) is 43.3. The van der Waals surface area contributed by atoms with Crippen LogP contribution in [0, 0.1) is 5.92 Å². The second-order valence-corrected chi connectivity index (χ2v) is 21.4. The molecular weight excluding hydrogens is 755 g/mol. The lowest BCUT2D eigenvalue weighted by Gasteiger charge is -2.37. The summed E-state index contributed by atoms with van der Waals surface area (Å²) in [5, 5.41) is 11.3. The number of amides is 3. The van der Waals surface area contributed by atoms with Crippen molar-refractivity contribution in [3.63, 3.8) is 0 Å². The highest BCUT2D eigenvalue weighted by Gasteiger charge is 2.66. The van der Waals surface area contributed by atoms with Gasteiger partial charge in [-0.3, -0.25) is 19.3 Å². The van der Waals surface area contributed by atoms with Crippen LogP contribution in [0.25, 0.3) is 0 Å². The third-order valence-corrected chi connectivity index (χ3v) is 16.6. The fraction of sp³-hybridized carbons (Fsp3) is 0.367. The maximum absolute atomic E-state index is 15.5. The molecule has 2 aliphatic heterocycles. The van der Waals surface area contributed by atoms with Gasteiger partial charge in [0, 0.05) is 42.5 Å². The number of nitrogens with zero attached hydrogens (tertiary/aromatic N) is 3. The van der Waals surface area contributed by atoms with E-state index in [1.807, 2.05) is 95.9 Å². The molecule has 10 heteroatoms. The Bertz CT molecular complexity index is 2150. The minimum atomic E-state index is -2.58. The van der Waals surface area contributed by atoms with Crippen LogP contribution in [0.2, 0.25) is 18.6 Å². The lowest BCUT2D eigenvalue weighted by atomic mass is 9.82. The Morgan fingerprint density at radius 1 is 0.932 bits per heavy atom. The van der Waals surface area contributed by atoms with Crippen molar-refractivity contribution < 1.29 is 29.0 Å². The maximum Gasteiger partial charge on any atom is 0.264 e. The summed E-state index contributed by atoms with van der Waals surface area (Å²) in [6.45, 7) is 13.7. The second kappa shape index (κ2) is 18.7. The molecule has 0 radical (unpaired) electrons. The van der Waals surface area contributed by atoms with Crippen molar-refractivity contribution in [3.8, 4) is 5.75 Å². The number of aliphatic hydroxyl groups excluding tert-OH is 1. The molecule has 0 aliphatic carbocycles. The highest BCUT2D eigenvalue weighted by Crippen LogP contribution is 2.60. The van der Waals surface area contributed by atoms with Crippen LogP contribution >= 0.6 is 0 Å². The van der Waals surface area contributed by atoms with Crippen LogP contribution < -0.4 is 19.7 Å². The molecule has 4 aromatic rings. The molecule has 2 aliphatic rings. The number of methoxy groups -OCH3 is 1. The molecular formula is C49H59N3O6Si. The first-order valence-electron chi connectivity index (χ1n) is 20.7. The van der Waals surface area contributed by atoms with Gasteiger partial charge in [0.2, 0.25) is 12.3 Å². The summed E-state index contributed by atoms with van der Waals surface area (Å²) in [4.78, 5) is 47.9. The van der Waals surface area contributed by atoms with Crippen LogP contribution in [-0.2, 0) is 31.3 Å². The first-order chi connectivity index (χ1) is 28.3. The van der Waals surface area contributed by atoms with Gasteiger partial charge < -0.3 is 24.4 Å². The number of rotatable bonds is 17. The molecule has 0 bridgehead atoms. The zero-order valence-electron chi connectivity index (χ0n) is 35.6. The van der Waals surface area contributed by atoms with Gasteiger partial charge in [0.25, 0.3) is 5.91 Å². The summed E-state index contributed by atoms with van der Waals surface area (Å²) in [7, 11) is -0.931. The number of aliphatic hydroxyl groups is 1. The lowest BCUT2D eigenvalue weighted by molar-refractivity contribution is -0.149. The fourth-order valence-corrected chi connectivity index (χ4v) is 13.2. The van der Waals surface area contributed by atoms with Crippen LogP contribution in [-0.4, -0.2) is 69.2 Å². The molecule has 4 aromatic carbocycles. The summed E-state index contributed by atoms with van der Waals surface area (Å²) in [6.07, 6.45) is 6.35. The zero-order valence-corrected chi connectivity index (χ0v) is 36.6. The number of para-hydroxylation sites is 1. The van der Waals surface area contributed by atoms with E-state index < -0.39 is 19.8 Å². The monoisotopic (exact) mass is 813 g/mol. The predicted octanol–water partition coefficient (Wildman–Crippen LogP) is 8.66. The number of hydrogen-bond acceptors (Lipinski definition) is 6. The summed E-state index contributed by atoms with van der Waals surface area (Å²) < 4.78 is 12.9. The highest BCUT2D eigenvalue weighted by molar-refractivity contribution is 6.91. The first-order valence-corrected chi connectivity index (χ1v) is 23.7. The van der Waals surface area contributed by atoms with Crippen LogP contribution in [0.4, 0.5) is 17.1 Å². The van der Waals surface area contributed by atoms with Crippen LogP contribution in [0.3, 0.4) is 0 Å². The highest BCUT2D eigenvalue weighted by atomic mass is 28.3. The Morgan fingerprint density at radius 3 is 2.24 bits per heavy atom. The summed E-state index contributed by atoms with van der Waals surface area (Å²) in [5.41, 5.74) is 4.53. The summed E-state index contributed by atoms with van der Waals surface area (Å²) >= 11 is 0. The van der Waals surface area contributed by atoms with E-state index in [1.165, 1.54) is 11.1 Å². The van der Waals surface area contributed by atoms with Crippen molar-refractivity contribution in [2.45, 2.75) is 83.8 Å². The number of fused-ring (bicyclic) bond motifs is 2. The molecule has 1 saturated heterocycles. The molecule has 9 nitrogen and oxygen atoms in total. The number of benzene rings is 4. The molecule has 1 fully saturated rings. The standard InChI is InChI=1S/C49H59N3O6Si/c1-35(2)15-14-16-36(3)27-28-51-44-26-21-40(52(34-54)39-19-12-9-13-20-39)31-43(44)49(48(51)56)37(4)47(59(6,7)42-24-22-41(57-5)23-25-42)45(58-49)32-46(55)50(29-30-53)33-38-17-10-8-11-18-38/h8-13,15,17-27,31,34,37,45,47,53H,14,16,28-30,32-33H2,1-7H3/b36-27+/t37-,45+,47-,49+/m1/s1. The van der Waals surface area contributed by atoms with E-state index in [-0.39, 0.29) is 42.8 Å². The molecule has 0 aromatic heterocycles. The number of anilines is 3. The van der Waals surface area contributed by atoms with Gasteiger partial charge in [-0.1, -0.05) is 109 Å². The fourth-order valence-electron chi connectivity index (χ4n) is 9.15. The van der Waals surface area contributed by atoms with Crippen LogP contribution in [0.15, 0.2) is 126 Å². The third-order valence-electron chi connectivity index (χ3n) is 12.3. The molecule has 0 unspecified atom stereocenters. The Balaban J connectivity index is 1.47. The molecule has 310 valence electrons. The Morgan fingerprint density at radius 2 is 1.61 bits per heavy atom. The van der Waals surface area contributed by atoms with E-state index in [2.05, 4.69) is 65.1 Å². The average molecular weight is 814 g/mol. The minimum Gasteiger partial charge on any atom is -0.497 e. The number of allylic oxidation sites excluding steroid dienone is 3. The van der Waals surface area contributed by atoms with E-state index >= 15 is 4.79 Å². The number of carbonyl (C=O) groups is 3. The number of ether oxygens (including phenoxy) is 2. The molecule has 1 N–H and O–H groups in total. The van der Waals surface area contributed by atoms with Crippen LogP contribution in [0.5, 0.6) is 5.75 Å². The van der Waals surface area contributed by atoms with E-state index in [0.717, 1.165) is 41.4 Å². The Kier molecular flexibility index (Phi) is 13.8. The van der Waals surface area contributed by atoms with Gasteiger partial charge in [-0.05, 0) is 87.2 Å². The lowest BCUT2D eigenvalue weighted by Crippen LogP contribution is -2.52. The SMILES string of the molecule is COc1ccc([Si](C)(C)[C@H]2[C@H](CC(=O)N(CCO)Cc3ccccc3)O[C@@]3(C(=O)N(C/C=C(\C)CCC=C(C)C)c4ccc(N(C=O)c5ccccc5)cc43)[C@@H]2C)cc1. The topological polar surface area (TPSA) is 99.6 Å². The summed E-state index contributed by atoms with van der Waals surface area (Å²) in [6, 6.07) is 33.1. The molecule has 4 atom stereocenters. The largest absolute Gasteiger partial charge is 0.497 e. The van der Waals surface area contributed by atoms with Gasteiger partial charge in [0.05, 0.1) is 40.0 Å². The average Bonchev–Trinajstić information content (AvgIpc) is 3.66. The molecule has 2 heterocycles. The van der Waals surface area contributed by atoms with Gasteiger partial charge in [-0.25, -0.2) is 0 Å². The van der Waals surface area contributed by atoms with Crippen molar-refractivity contribution in [3.05, 3.63) is 138 Å². The Labute approximate surface area is 351 Å². The maximum atomic E-state index is 15.5. The smallest absolute Gasteiger partial charge is 0.264 e. The molecule has 59 heavy (non-hydrogen) atoms. The minimum absolute atomic E-state index is 0.0341.